The number of amides is 2. The number of hydrogen-bond donors (Lipinski definition) is 4. The van der Waals surface area contributed by atoms with E-state index in [4.69, 9.17) is 10.00 Å². The molecular weight excluding hydrogens is 517 g/mol. The Hall–Kier alpha value is -4.24. The molecule has 2 amide bonds. The number of aromatic nitrogens is 3. The molecule has 2 aliphatic rings. The van der Waals surface area contributed by atoms with Gasteiger partial charge >= 0.3 is 6.09 Å². The molecular formula is C28H32FN7O4. The van der Waals surface area contributed by atoms with Gasteiger partial charge in [-0.1, -0.05) is 0 Å². The lowest BCUT2D eigenvalue weighted by Gasteiger charge is -2.37. The highest BCUT2D eigenvalue weighted by Gasteiger charge is 2.32. The van der Waals surface area contributed by atoms with Gasteiger partial charge in [-0.2, -0.15) is 10.4 Å². The van der Waals surface area contributed by atoms with Gasteiger partial charge in [0, 0.05) is 18.8 Å². The number of rotatable bonds is 10. The van der Waals surface area contributed by atoms with E-state index in [9.17, 15) is 19.1 Å². The molecule has 40 heavy (non-hydrogen) atoms. The number of hydrogen-bond acceptors (Lipinski definition) is 8. The second-order valence-electron chi connectivity index (χ2n) is 11.0. The number of alkyl carbamates (subject to hydrolysis) is 1. The molecule has 2 saturated carbocycles. The number of fused-ring (bicyclic) bond motifs is 1. The van der Waals surface area contributed by atoms with Crippen molar-refractivity contribution in [1.82, 2.24) is 25.2 Å². The van der Waals surface area contributed by atoms with Crippen molar-refractivity contribution >= 4 is 23.2 Å². The molecule has 3 heterocycles. The molecule has 1 atom stereocenters. The SMILES string of the molecule is CC(C)(O)[C@H](F)CNC(=O)c1cnc(-c2ccc3cc(C#N)cnn23)cc1NC1CC(CNC(=O)OC2CC2)C1. The molecule has 4 N–H and O–H groups in total. The Morgan fingerprint density at radius 2 is 2.02 bits per heavy atom. The number of nitrogens with one attached hydrogen (secondary N) is 3. The maximum Gasteiger partial charge on any atom is 0.407 e. The summed E-state index contributed by atoms with van der Waals surface area (Å²) in [6.45, 7) is 2.85. The van der Waals surface area contributed by atoms with E-state index in [0.717, 1.165) is 31.2 Å². The summed E-state index contributed by atoms with van der Waals surface area (Å²) in [5, 5.41) is 32.2. The summed E-state index contributed by atoms with van der Waals surface area (Å²) in [5.74, 6) is -0.249. The monoisotopic (exact) mass is 549 g/mol. The van der Waals surface area contributed by atoms with Crippen molar-refractivity contribution in [3.05, 3.63) is 47.8 Å². The number of nitrogens with zero attached hydrogens (tertiary/aromatic N) is 4. The highest BCUT2D eigenvalue weighted by Crippen LogP contribution is 2.33. The van der Waals surface area contributed by atoms with Crippen molar-refractivity contribution in [2.75, 3.05) is 18.4 Å². The molecule has 0 aromatic carbocycles. The van der Waals surface area contributed by atoms with Gasteiger partial charge < -0.3 is 25.8 Å². The molecule has 2 aliphatic carbocycles. The zero-order valence-electron chi connectivity index (χ0n) is 22.4. The maximum atomic E-state index is 14.3. The van der Waals surface area contributed by atoms with Gasteiger partial charge in [-0.25, -0.2) is 13.7 Å². The summed E-state index contributed by atoms with van der Waals surface area (Å²) >= 11 is 0. The lowest BCUT2D eigenvalue weighted by atomic mass is 9.80. The molecule has 2 fully saturated rings. The second kappa shape index (κ2) is 11.1. The number of ether oxygens (including phenoxy) is 1. The van der Waals surface area contributed by atoms with E-state index < -0.39 is 17.7 Å². The lowest BCUT2D eigenvalue weighted by Crippen LogP contribution is -2.43. The summed E-state index contributed by atoms with van der Waals surface area (Å²) < 4.78 is 21.2. The van der Waals surface area contributed by atoms with Crippen LogP contribution >= 0.6 is 0 Å². The van der Waals surface area contributed by atoms with E-state index in [2.05, 4.69) is 32.1 Å². The minimum absolute atomic E-state index is 0.0543. The number of nitriles is 1. The number of anilines is 1. The first-order valence-corrected chi connectivity index (χ1v) is 13.3. The minimum Gasteiger partial charge on any atom is -0.446 e. The van der Waals surface area contributed by atoms with Gasteiger partial charge in [0.1, 0.15) is 18.3 Å². The number of carbonyl (C=O) groups is 2. The Balaban J connectivity index is 1.31. The van der Waals surface area contributed by atoms with Crippen LogP contribution < -0.4 is 16.0 Å². The average Bonchev–Trinajstić information content (AvgIpc) is 3.62. The predicted molar refractivity (Wildman–Crippen MR) is 144 cm³/mol. The average molecular weight is 550 g/mol. The topological polar surface area (TPSA) is 154 Å². The summed E-state index contributed by atoms with van der Waals surface area (Å²) in [6, 6.07) is 9.25. The minimum atomic E-state index is -1.65. The first kappa shape index (κ1) is 27.3. The van der Waals surface area contributed by atoms with Crippen molar-refractivity contribution in [3.8, 4) is 17.5 Å². The molecule has 11 nitrogen and oxygen atoms in total. The Morgan fingerprint density at radius 3 is 2.73 bits per heavy atom. The molecule has 3 aromatic rings. The van der Waals surface area contributed by atoms with Crippen molar-refractivity contribution in [3.63, 3.8) is 0 Å². The van der Waals surface area contributed by atoms with Gasteiger partial charge in [-0.15, -0.1) is 0 Å². The zero-order valence-corrected chi connectivity index (χ0v) is 22.4. The number of carbonyl (C=O) groups excluding carboxylic acids is 2. The third-order valence-corrected chi connectivity index (χ3v) is 7.18. The predicted octanol–water partition coefficient (Wildman–Crippen LogP) is 3.19. The Labute approximate surface area is 230 Å². The largest absolute Gasteiger partial charge is 0.446 e. The molecule has 0 unspecified atom stereocenters. The molecule has 5 rings (SSSR count). The van der Waals surface area contributed by atoms with Crippen LogP contribution in [0.5, 0.6) is 0 Å². The van der Waals surface area contributed by atoms with Gasteiger partial charge in [0.2, 0.25) is 0 Å². The highest BCUT2D eigenvalue weighted by molar-refractivity contribution is 6.00. The summed E-state index contributed by atoms with van der Waals surface area (Å²) in [5.41, 5.74) is 1.55. The van der Waals surface area contributed by atoms with Crippen molar-refractivity contribution in [2.24, 2.45) is 5.92 Å². The number of halogens is 1. The van der Waals surface area contributed by atoms with E-state index >= 15 is 0 Å². The summed E-state index contributed by atoms with van der Waals surface area (Å²) in [7, 11) is 0. The van der Waals surface area contributed by atoms with E-state index in [1.54, 1.807) is 16.6 Å². The molecule has 0 bridgehead atoms. The highest BCUT2D eigenvalue weighted by atomic mass is 19.1. The van der Waals surface area contributed by atoms with Crippen molar-refractivity contribution < 1.29 is 23.8 Å². The number of pyridine rings is 1. The van der Waals surface area contributed by atoms with E-state index in [1.165, 1.54) is 26.2 Å². The Bertz CT molecular complexity index is 1450. The molecule has 12 heteroatoms. The molecule has 0 spiro atoms. The smallest absolute Gasteiger partial charge is 0.407 e. The maximum absolute atomic E-state index is 14.3. The van der Waals surface area contributed by atoms with Crippen LogP contribution in [0.25, 0.3) is 16.9 Å². The first-order chi connectivity index (χ1) is 19.1. The van der Waals surface area contributed by atoms with E-state index in [-0.39, 0.29) is 36.3 Å². The fraction of sp³-hybridized carbons (Fsp3) is 0.464. The van der Waals surface area contributed by atoms with Crippen LogP contribution in [0.15, 0.2) is 36.7 Å². The fourth-order valence-electron chi connectivity index (χ4n) is 4.52. The molecule has 3 aromatic heterocycles. The van der Waals surface area contributed by atoms with E-state index in [1.807, 2.05) is 12.1 Å². The van der Waals surface area contributed by atoms with E-state index in [0.29, 0.717) is 29.2 Å². The molecule has 0 radical (unpaired) electrons. The van der Waals surface area contributed by atoms with Crippen LogP contribution in [0.4, 0.5) is 14.9 Å². The lowest BCUT2D eigenvalue weighted by molar-refractivity contribution is -0.00178. The van der Waals surface area contributed by atoms with Gasteiger partial charge in [-0.3, -0.25) is 9.78 Å². The normalized spacial score (nSPS) is 19.3. The zero-order chi connectivity index (χ0) is 28.4. The van der Waals surface area contributed by atoms with Crippen LogP contribution in [0, 0.1) is 17.2 Å². The van der Waals surface area contributed by atoms with Gasteiger partial charge in [0.25, 0.3) is 5.91 Å². The first-order valence-electron chi connectivity index (χ1n) is 13.3. The standard InChI is InChI=1S/C28H32FN7O4/c1-28(2,39)25(29)15-32-26(37)21-14-31-23(24-6-3-19-9-17(11-30)13-34-36(19)24)10-22(21)35-18-7-16(8-18)12-33-27(38)40-20-4-5-20/h3,6,9-10,13-14,16,18,20,25,39H,4-5,7-8,12,15H2,1-2H3,(H,31,35)(H,32,37)(H,33,38)/t16?,18?,25-/m1/s1. The molecule has 0 aliphatic heterocycles. The Kier molecular flexibility index (Phi) is 7.58. The third kappa shape index (κ3) is 6.31. The molecule has 0 saturated heterocycles. The van der Waals surface area contributed by atoms with Crippen LogP contribution in [-0.2, 0) is 4.74 Å². The van der Waals surface area contributed by atoms with Gasteiger partial charge in [0.05, 0.1) is 52.1 Å². The van der Waals surface area contributed by atoms with Crippen molar-refractivity contribution in [2.45, 2.75) is 63.4 Å². The van der Waals surface area contributed by atoms with Crippen LogP contribution in [-0.4, -0.2) is 68.7 Å². The fourth-order valence-corrected chi connectivity index (χ4v) is 4.52. The third-order valence-electron chi connectivity index (χ3n) is 7.18. The molecule has 210 valence electrons. The van der Waals surface area contributed by atoms with Crippen LogP contribution in [0.1, 0.15) is 55.5 Å². The summed E-state index contributed by atoms with van der Waals surface area (Å²) in [4.78, 5) is 29.4. The summed E-state index contributed by atoms with van der Waals surface area (Å²) in [6.07, 6.45) is 4.32. The Morgan fingerprint density at radius 1 is 1.25 bits per heavy atom. The van der Waals surface area contributed by atoms with Crippen LogP contribution in [0.3, 0.4) is 0 Å². The number of alkyl halides is 1. The van der Waals surface area contributed by atoms with Gasteiger partial charge in [-0.05, 0) is 69.7 Å². The van der Waals surface area contributed by atoms with Crippen molar-refractivity contribution in [1.29, 1.82) is 5.26 Å². The second-order valence-corrected chi connectivity index (χ2v) is 11.0. The quantitative estimate of drug-likeness (QED) is 0.301. The van der Waals surface area contributed by atoms with Crippen LogP contribution in [0.2, 0.25) is 0 Å². The number of aliphatic hydroxyl groups is 1. The van der Waals surface area contributed by atoms with Gasteiger partial charge in [0.15, 0.2) is 0 Å².